The van der Waals surface area contributed by atoms with Crippen LogP contribution in [-0.4, -0.2) is 36.8 Å². The molecule has 152 valence electrons. The van der Waals surface area contributed by atoms with Gasteiger partial charge in [0.05, 0.1) is 14.2 Å². The molecule has 0 radical (unpaired) electrons. The normalized spacial score (nSPS) is 10.6. The van der Waals surface area contributed by atoms with E-state index in [9.17, 15) is 4.79 Å². The van der Waals surface area contributed by atoms with Gasteiger partial charge in [0.1, 0.15) is 11.5 Å². The number of rotatable bonds is 9. The van der Waals surface area contributed by atoms with Crippen molar-refractivity contribution < 1.29 is 18.8 Å². The lowest BCUT2D eigenvalue weighted by Crippen LogP contribution is -2.26. The van der Waals surface area contributed by atoms with Gasteiger partial charge in [-0.1, -0.05) is 22.9 Å². The van der Waals surface area contributed by atoms with Crippen molar-refractivity contribution in [1.82, 2.24) is 15.5 Å². The molecule has 0 fully saturated rings. The van der Waals surface area contributed by atoms with Crippen LogP contribution >= 0.6 is 0 Å². The lowest BCUT2D eigenvalue weighted by molar-refractivity contribution is -0.121. The van der Waals surface area contributed by atoms with Gasteiger partial charge in [-0.15, -0.1) is 0 Å². The Bertz CT molecular complexity index is 951. The van der Waals surface area contributed by atoms with Crippen molar-refractivity contribution in [2.24, 2.45) is 0 Å². The van der Waals surface area contributed by atoms with Gasteiger partial charge >= 0.3 is 0 Å². The fourth-order valence-electron chi connectivity index (χ4n) is 2.96. The standard InChI is InChI=1S/C22H25N3O4/c1-15-4-9-19(28-3)17(14-15)12-13-23-20(26)10-11-21-24-22(25-29-21)16-5-7-18(27-2)8-6-16/h4-9,14H,10-13H2,1-3H3,(H,23,26). The molecule has 0 bridgehead atoms. The first-order valence-corrected chi connectivity index (χ1v) is 9.46. The zero-order valence-corrected chi connectivity index (χ0v) is 16.9. The van der Waals surface area contributed by atoms with Gasteiger partial charge in [-0.05, 0) is 49.2 Å². The van der Waals surface area contributed by atoms with E-state index in [0.29, 0.717) is 31.1 Å². The molecule has 0 aliphatic carbocycles. The van der Waals surface area contributed by atoms with E-state index >= 15 is 0 Å². The summed E-state index contributed by atoms with van der Waals surface area (Å²) in [6, 6.07) is 13.4. The summed E-state index contributed by atoms with van der Waals surface area (Å²) in [6.07, 6.45) is 1.39. The Labute approximate surface area is 170 Å². The Kier molecular flexibility index (Phi) is 6.84. The van der Waals surface area contributed by atoms with E-state index in [2.05, 4.69) is 21.5 Å². The summed E-state index contributed by atoms with van der Waals surface area (Å²) in [5.74, 6) is 2.47. The fraction of sp³-hybridized carbons (Fsp3) is 0.318. The molecular formula is C22H25N3O4. The second kappa shape index (κ2) is 9.73. The summed E-state index contributed by atoms with van der Waals surface area (Å²) < 4.78 is 15.8. The maximum atomic E-state index is 12.1. The molecule has 1 N–H and O–H groups in total. The molecule has 0 atom stereocenters. The molecule has 2 aromatic carbocycles. The highest BCUT2D eigenvalue weighted by atomic mass is 16.5. The van der Waals surface area contributed by atoms with E-state index in [1.807, 2.05) is 43.3 Å². The minimum Gasteiger partial charge on any atom is -0.497 e. The molecule has 0 unspecified atom stereocenters. The molecule has 0 saturated carbocycles. The number of hydrogen-bond acceptors (Lipinski definition) is 6. The summed E-state index contributed by atoms with van der Waals surface area (Å²) in [6.45, 7) is 2.58. The summed E-state index contributed by atoms with van der Waals surface area (Å²) >= 11 is 0. The third-order valence-electron chi connectivity index (χ3n) is 4.53. The van der Waals surface area contributed by atoms with Crippen LogP contribution in [-0.2, 0) is 17.6 Å². The van der Waals surface area contributed by atoms with Crippen LogP contribution in [0, 0.1) is 6.92 Å². The molecule has 1 amide bonds. The van der Waals surface area contributed by atoms with Gasteiger partial charge in [0.25, 0.3) is 0 Å². The zero-order valence-electron chi connectivity index (χ0n) is 16.9. The molecule has 0 spiro atoms. The van der Waals surface area contributed by atoms with Crippen LogP contribution in [0.3, 0.4) is 0 Å². The second-order valence-electron chi connectivity index (χ2n) is 6.66. The van der Waals surface area contributed by atoms with E-state index in [-0.39, 0.29) is 12.3 Å². The number of nitrogens with zero attached hydrogens (tertiary/aromatic N) is 2. The Morgan fingerprint density at radius 3 is 2.59 bits per heavy atom. The van der Waals surface area contributed by atoms with Crippen molar-refractivity contribution in [2.45, 2.75) is 26.2 Å². The first-order valence-electron chi connectivity index (χ1n) is 9.46. The zero-order chi connectivity index (χ0) is 20.6. The van der Waals surface area contributed by atoms with Crippen LogP contribution in [0.5, 0.6) is 11.5 Å². The van der Waals surface area contributed by atoms with Gasteiger partial charge in [0, 0.05) is 24.9 Å². The van der Waals surface area contributed by atoms with Crippen molar-refractivity contribution >= 4 is 5.91 Å². The number of ether oxygens (including phenoxy) is 2. The number of methoxy groups -OCH3 is 2. The van der Waals surface area contributed by atoms with Crippen molar-refractivity contribution in [3.05, 3.63) is 59.5 Å². The van der Waals surface area contributed by atoms with E-state index in [4.69, 9.17) is 14.0 Å². The molecule has 1 aromatic heterocycles. The summed E-state index contributed by atoms with van der Waals surface area (Å²) in [5.41, 5.74) is 3.07. The molecule has 0 aliphatic heterocycles. The highest BCUT2D eigenvalue weighted by Gasteiger charge is 2.11. The fourth-order valence-corrected chi connectivity index (χ4v) is 2.96. The predicted molar refractivity (Wildman–Crippen MR) is 109 cm³/mol. The second-order valence-corrected chi connectivity index (χ2v) is 6.66. The minimum atomic E-state index is -0.0548. The maximum absolute atomic E-state index is 12.1. The third kappa shape index (κ3) is 5.57. The van der Waals surface area contributed by atoms with E-state index in [0.717, 1.165) is 28.2 Å². The Hall–Kier alpha value is -3.35. The van der Waals surface area contributed by atoms with Gasteiger partial charge in [-0.3, -0.25) is 4.79 Å². The lowest BCUT2D eigenvalue weighted by Gasteiger charge is -2.10. The number of carbonyl (C=O) groups is 1. The third-order valence-corrected chi connectivity index (χ3v) is 4.53. The molecule has 7 nitrogen and oxygen atoms in total. The van der Waals surface area contributed by atoms with Gasteiger partial charge in [-0.2, -0.15) is 4.98 Å². The molecule has 7 heteroatoms. The van der Waals surface area contributed by atoms with Crippen LogP contribution in [0.4, 0.5) is 0 Å². The van der Waals surface area contributed by atoms with Crippen molar-refractivity contribution in [3.8, 4) is 22.9 Å². The molecule has 29 heavy (non-hydrogen) atoms. The molecular weight excluding hydrogens is 370 g/mol. The minimum absolute atomic E-state index is 0.0548. The lowest BCUT2D eigenvalue weighted by atomic mass is 10.1. The smallest absolute Gasteiger partial charge is 0.227 e. The van der Waals surface area contributed by atoms with Gasteiger partial charge < -0.3 is 19.3 Å². The first kappa shape index (κ1) is 20.4. The van der Waals surface area contributed by atoms with Crippen LogP contribution in [0.15, 0.2) is 47.0 Å². The van der Waals surface area contributed by atoms with Gasteiger partial charge in [-0.25, -0.2) is 0 Å². The van der Waals surface area contributed by atoms with Crippen molar-refractivity contribution in [3.63, 3.8) is 0 Å². The van der Waals surface area contributed by atoms with Crippen LogP contribution in [0.2, 0.25) is 0 Å². The quantitative estimate of drug-likeness (QED) is 0.598. The Balaban J connectivity index is 1.46. The molecule has 1 heterocycles. The number of aromatic nitrogens is 2. The summed E-state index contributed by atoms with van der Waals surface area (Å²) in [4.78, 5) is 16.5. The van der Waals surface area contributed by atoms with Gasteiger partial charge in [0.15, 0.2) is 0 Å². The topological polar surface area (TPSA) is 86.5 Å². The number of benzene rings is 2. The molecule has 3 rings (SSSR count). The molecule has 0 aliphatic rings. The van der Waals surface area contributed by atoms with Crippen LogP contribution in [0.1, 0.15) is 23.4 Å². The highest BCUT2D eigenvalue weighted by Crippen LogP contribution is 2.21. The van der Waals surface area contributed by atoms with Gasteiger partial charge in [0.2, 0.25) is 17.6 Å². The number of amides is 1. The summed E-state index contributed by atoms with van der Waals surface area (Å²) in [5, 5.41) is 6.90. The van der Waals surface area contributed by atoms with Crippen LogP contribution in [0.25, 0.3) is 11.4 Å². The number of hydrogen-bond donors (Lipinski definition) is 1. The average Bonchev–Trinajstić information content (AvgIpc) is 3.21. The monoisotopic (exact) mass is 395 g/mol. The Morgan fingerprint density at radius 1 is 1.07 bits per heavy atom. The predicted octanol–water partition coefficient (Wildman–Crippen LogP) is 3.35. The average molecular weight is 395 g/mol. The van der Waals surface area contributed by atoms with E-state index in [1.165, 1.54) is 0 Å². The maximum Gasteiger partial charge on any atom is 0.227 e. The van der Waals surface area contributed by atoms with E-state index in [1.54, 1.807) is 14.2 Å². The van der Waals surface area contributed by atoms with Crippen LogP contribution < -0.4 is 14.8 Å². The first-order chi connectivity index (χ1) is 14.1. The Morgan fingerprint density at radius 2 is 1.86 bits per heavy atom. The number of aryl methyl sites for hydroxylation is 2. The van der Waals surface area contributed by atoms with Crippen molar-refractivity contribution in [2.75, 3.05) is 20.8 Å². The van der Waals surface area contributed by atoms with Crippen molar-refractivity contribution in [1.29, 1.82) is 0 Å². The SMILES string of the molecule is COc1ccc(-c2noc(CCC(=O)NCCc3cc(C)ccc3OC)n2)cc1. The molecule has 0 saturated heterocycles. The van der Waals surface area contributed by atoms with E-state index < -0.39 is 0 Å². The molecule has 3 aromatic rings. The number of carbonyl (C=O) groups excluding carboxylic acids is 1. The highest BCUT2D eigenvalue weighted by molar-refractivity contribution is 5.76. The summed E-state index contributed by atoms with van der Waals surface area (Å²) in [7, 11) is 3.27. The number of nitrogens with one attached hydrogen (secondary N) is 1. The largest absolute Gasteiger partial charge is 0.497 e.